The summed E-state index contributed by atoms with van der Waals surface area (Å²) in [5.41, 5.74) is 2.96. The molecule has 2 N–H and O–H groups in total. The fourth-order valence-corrected chi connectivity index (χ4v) is 2.42. The van der Waals surface area contributed by atoms with Gasteiger partial charge in [-0.1, -0.05) is 78.9 Å². The van der Waals surface area contributed by atoms with E-state index in [1.165, 1.54) is 0 Å². The Labute approximate surface area is 152 Å². The van der Waals surface area contributed by atoms with Gasteiger partial charge in [-0.3, -0.25) is 10.1 Å². The monoisotopic (exact) mass is 342 g/mol. The predicted molar refractivity (Wildman–Crippen MR) is 105 cm³/mol. The molecule has 3 rings (SSSR count). The maximum atomic E-state index is 12.2. The zero-order chi connectivity index (χ0) is 18.2. The van der Waals surface area contributed by atoms with E-state index in [1.54, 1.807) is 30.3 Å². The number of urea groups is 1. The van der Waals surface area contributed by atoms with E-state index in [1.807, 2.05) is 66.7 Å². The lowest BCUT2D eigenvalue weighted by atomic mass is 10.1. The van der Waals surface area contributed by atoms with Gasteiger partial charge in [0.05, 0.1) is 0 Å². The van der Waals surface area contributed by atoms with Crippen LogP contribution in [0, 0.1) is 0 Å². The Hall–Kier alpha value is -3.66. The summed E-state index contributed by atoms with van der Waals surface area (Å²) < 4.78 is 0. The molecule has 0 heterocycles. The quantitative estimate of drug-likeness (QED) is 0.668. The van der Waals surface area contributed by atoms with Gasteiger partial charge in [-0.05, 0) is 29.3 Å². The first kappa shape index (κ1) is 17.2. The molecular weight excluding hydrogens is 324 g/mol. The molecule has 3 aromatic rings. The van der Waals surface area contributed by atoms with Gasteiger partial charge in [0.15, 0.2) is 0 Å². The molecule has 26 heavy (non-hydrogen) atoms. The number of nitrogens with one attached hydrogen (secondary N) is 2. The van der Waals surface area contributed by atoms with Crippen molar-refractivity contribution in [3.63, 3.8) is 0 Å². The van der Waals surface area contributed by atoms with E-state index in [-0.39, 0.29) is 0 Å². The highest BCUT2D eigenvalue weighted by Gasteiger charge is 2.10. The molecule has 0 atom stereocenters. The van der Waals surface area contributed by atoms with Gasteiger partial charge < -0.3 is 5.32 Å². The zero-order valence-corrected chi connectivity index (χ0v) is 14.1. The van der Waals surface area contributed by atoms with Crippen molar-refractivity contribution in [1.82, 2.24) is 5.32 Å². The number of imide groups is 1. The van der Waals surface area contributed by atoms with Crippen LogP contribution in [0.4, 0.5) is 10.5 Å². The molecular formula is C22H18N2O2. The molecule has 0 spiro atoms. The number of anilines is 1. The maximum absolute atomic E-state index is 12.2. The summed E-state index contributed by atoms with van der Waals surface area (Å²) in [4.78, 5) is 24.2. The van der Waals surface area contributed by atoms with Gasteiger partial charge in [0.1, 0.15) is 0 Å². The van der Waals surface area contributed by atoms with Crippen LogP contribution < -0.4 is 10.6 Å². The van der Waals surface area contributed by atoms with E-state index in [0.717, 1.165) is 11.1 Å². The van der Waals surface area contributed by atoms with Gasteiger partial charge >= 0.3 is 6.03 Å². The SMILES string of the molecule is O=C(NC(=O)c1ccccc1)Nc1ccccc1/C=C/c1ccccc1. The van der Waals surface area contributed by atoms with Crippen molar-refractivity contribution >= 4 is 29.8 Å². The fourth-order valence-electron chi connectivity index (χ4n) is 2.42. The molecule has 0 aliphatic heterocycles. The number of amides is 3. The number of hydrogen-bond acceptors (Lipinski definition) is 2. The Bertz CT molecular complexity index is 919. The molecule has 0 saturated carbocycles. The predicted octanol–water partition coefficient (Wildman–Crippen LogP) is 4.82. The first-order valence-electron chi connectivity index (χ1n) is 8.22. The van der Waals surface area contributed by atoms with Crippen molar-refractivity contribution in [3.8, 4) is 0 Å². The van der Waals surface area contributed by atoms with Gasteiger partial charge in [0.2, 0.25) is 0 Å². The molecule has 0 unspecified atom stereocenters. The molecule has 0 aliphatic rings. The summed E-state index contributed by atoms with van der Waals surface area (Å²) in [6.07, 6.45) is 3.89. The van der Waals surface area contributed by atoms with Crippen molar-refractivity contribution in [2.45, 2.75) is 0 Å². The average molecular weight is 342 g/mol. The summed E-state index contributed by atoms with van der Waals surface area (Å²) in [5.74, 6) is -0.444. The van der Waals surface area contributed by atoms with E-state index in [9.17, 15) is 9.59 Å². The maximum Gasteiger partial charge on any atom is 0.326 e. The number of carbonyl (C=O) groups is 2. The third-order valence-electron chi connectivity index (χ3n) is 3.73. The normalized spacial score (nSPS) is 10.5. The van der Waals surface area contributed by atoms with Crippen LogP contribution in [-0.2, 0) is 0 Å². The molecule has 0 saturated heterocycles. The summed E-state index contributed by atoms with van der Waals surface area (Å²) >= 11 is 0. The molecule has 0 bridgehead atoms. The number of para-hydroxylation sites is 1. The summed E-state index contributed by atoms with van der Waals surface area (Å²) in [5, 5.41) is 5.06. The summed E-state index contributed by atoms with van der Waals surface area (Å²) in [6.45, 7) is 0. The molecule has 0 aliphatic carbocycles. The van der Waals surface area contributed by atoms with Crippen LogP contribution in [-0.4, -0.2) is 11.9 Å². The Morgan fingerprint density at radius 3 is 2.04 bits per heavy atom. The smallest absolute Gasteiger partial charge is 0.307 e. The Morgan fingerprint density at radius 2 is 1.31 bits per heavy atom. The Balaban J connectivity index is 1.69. The highest BCUT2D eigenvalue weighted by molar-refractivity contribution is 6.08. The second-order valence-electron chi connectivity index (χ2n) is 5.61. The van der Waals surface area contributed by atoms with Crippen LogP contribution >= 0.6 is 0 Å². The van der Waals surface area contributed by atoms with E-state index in [0.29, 0.717) is 11.3 Å². The Kier molecular flexibility index (Phi) is 5.58. The van der Waals surface area contributed by atoms with Crippen LogP contribution in [0.5, 0.6) is 0 Å². The lowest BCUT2D eigenvalue weighted by Gasteiger charge is -2.09. The lowest BCUT2D eigenvalue weighted by Crippen LogP contribution is -2.34. The molecule has 4 nitrogen and oxygen atoms in total. The van der Waals surface area contributed by atoms with Crippen LogP contribution in [0.1, 0.15) is 21.5 Å². The van der Waals surface area contributed by atoms with Crippen molar-refractivity contribution in [2.75, 3.05) is 5.32 Å². The summed E-state index contributed by atoms with van der Waals surface area (Å²) in [7, 11) is 0. The number of carbonyl (C=O) groups excluding carboxylic acids is 2. The molecule has 4 heteroatoms. The van der Waals surface area contributed by atoms with E-state index >= 15 is 0 Å². The molecule has 0 fully saturated rings. The summed E-state index contributed by atoms with van der Waals surface area (Å²) in [6, 6.07) is 25.3. The highest BCUT2D eigenvalue weighted by Crippen LogP contribution is 2.18. The van der Waals surface area contributed by atoms with Crippen LogP contribution in [0.15, 0.2) is 84.9 Å². The minimum absolute atomic E-state index is 0.430. The highest BCUT2D eigenvalue weighted by atomic mass is 16.2. The topological polar surface area (TPSA) is 58.2 Å². The third-order valence-corrected chi connectivity index (χ3v) is 3.73. The second kappa shape index (κ2) is 8.44. The average Bonchev–Trinajstić information content (AvgIpc) is 2.68. The molecule has 0 aromatic heterocycles. The molecule has 0 radical (unpaired) electrons. The first-order chi connectivity index (χ1) is 12.7. The van der Waals surface area contributed by atoms with Gasteiger partial charge in [-0.2, -0.15) is 0 Å². The van der Waals surface area contributed by atoms with E-state index in [4.69, 9.17) is 0 Å². The van der Waals surface area contributed by atoms with Gasteiger partial charge in [0, 0.05) is 11.3 Å². The lowest BCUT2D eigenvalue weighted by molar-refractivity contribution is 0.0967. The third kappa shape index (κ3) is 4.68. The molecule has 3 amide bonds. The second-order valence-corrected chi connectivity index (χ2v) is 5.61. The van der Waals surface area contributed by atoms with E-state index in [2.05, 4.69) is 10.6 Å². The van der Waals surface area contributed by atoms with Gasteiger partial charge in [0.25, 0.3) is 5.91 Å². The van der Waals surface area contributed by atoms with E-state index < -0.39 is 11.9 Å². The Morgan fingerprint density at radius 1 is 0.692 bits per heavy atom. The number of hydrogen-bond donors (Lipinski definition) is 2. The number of rotatable bonds is 4. The minimum atomic E-state index is -0.570. The van der Waals surface area contributed by atoms with Crippen LogP contribution in [0.3, 0.4) is 0 Å². The van der Waals surface area contributed by atoms with Crippen molar-refractivity contribution in [3.05, 3.63) is 102 Å². The fraction of sp³-hybridized carbons (Fsp3) is 0. The number of benzene rings is 3. The van der Waals surface area contributed by atoms with Crippen molar-refractivity contribution in [2.24, 2.45) is 0 Å². The van der Waals surface area contributed by atoms with Gasteiger partial charge in [-0.15, -0.1) is 0 Å². The van der Waals surface area contributed by atoms with Crippen molar-refractivity contribution in [1.29, 1.82) is 0 Å². The van der Waals surface area contributed by atoms with Crippen LogP contribution in [0.25, 0.3) is 12.2 Å². The molecule has 128 valence electrons. The minimum Gasteiger partial charge on any atom is -0.307 e. The standard InChI is InChI=1S/C22H18N2O2/c25-21(19-12-5-2-6-13-19)24-22(26)23-20-14-8-7-11-18(20)16-15-17-9-3-1-4-10-17/h1-16H,(H2,23,24,25,26)/b16-15+. The largest absolute Gasteiger partial charge is 0.326 e. The van der Waals surface area contributed by atoms with Crippen molar-refractivity contribution < 1.29 is 9.59 Å². The molecule has 3 aromatic carbocycles. The zero-order valence-electron chi connectivity index (χ0n) is 14.1. The first-order valence-corrected chi connectivity index (χ1v) is 8.22. The van der Waals surface area contributed by atoms with Gasteiger partial charge in [-0.25, -0.2) is 4.79 Å². The van der Waals surface area contributed by atoms with Crippen LogP contribution in [0.2, 0.25) is 0 Å².